The second kappa shape index (κ2) is 18.1. The van der Waals surface area contributed by atoms with Crippen molar-refractivity contribution in [1.82, 2.24) is 34.5 Å². The van der Waals surface area contributed by atoms with Gasteiger partial charge in [0.15, 0.2) is 22.9 Å². The van der Waals surface area contributed by atoms with Gasteiger partial charge in [-0.25, -0.2) is 0 Å². The number of hydrazine groups is 1. The summed E-state index contributed by atoms with van der Waals surface area (Å²) < 4.78 is 14.7. The van der Waals surface area contributed by atoms with Crippen LogP contribution >= 0.6 is 0 Å². The largest absolute Gasteiger partial charge is 0.502 e. The van der Waals surface area contributed by atoms with E-state index in [1.165, 1.54) is 11.6 Å². The van der Waals surface area contributed by atoms with Gasteiger partial charge in [0, 0.05) is 50.0 Å². The van der Waals surface area contributed by atoms with E-state index in [4.69, 9.17) is 19.4 Å². The lowest BCUT2D eigenvalue weighted by atomic mass is 9.93. The van der Waals surface area contributed by atoms with E-state index in [-0.39, 0.29) is 30.9 Å². The van der Waals surface area contributed by atoms with Crippen LogP contribution in [0.1, 0.15) is 101 Å². The van der Waals surface area contributed by atoms with Crippen LogP contribution in [0.15, 0.2) is 132 Å². The van der Waals surface area contributed by atoms with Crippen LogP contribution in [0.5, 0.6) is 11.5 Å². The molecule has 0 spiro atoms. The Morgan fingerprint density at radius 3 is 2.08 bits per heavy atom. The van der Waals surface area contributed by atoms with Crippen LogP contribution in [0, 0.1) is 0 Å². The van der Waals surface area contributed by atoms with Crippen LogP contribution in [-0.2, 0) is 22.4 Å². The first-order valence-electron chi connectivity index (χ1n) is 22.5. The van der Waals surface area contributed by atoms with Crippen molar-refractivity contribution >= 4 is 11.8 Å². The van der Waals surface area contributed by atoms with Crippen molar-refractivity contribution in [3.8, 4) is 11.5 Å². The number of ether oxygens (including phenoxy) is 2. The molecule has 10 rings (SSSR count). The fourth-order valence-electron chi connectivity index (χ4n) is 9.83. The van der Waals surface area contributed by atoms with Gasteiger partial charge in [-0.15, -0.1) is 0 Å². The van der Waals surface area contributed by atoms with Crippen molar-refractivity contribution in [3.05, 3.63) is 177 Å². The zero-order valence-electron chi connectivity index (χ0n) is 35.8. The fraction of sp³-hybridized carbons (Fsp3) is 0.340. The molecule has 3 aromatic heterocycles. The summed E-state index contributed by atoms with van der Waals surface area (Å²) in [6.07, 6.45) is 17.2. The van der Waals surface area contributed by atoms with E-state index >= 15 is 0 Å². The number of nitrogens with zero attached hydrogens (tertiary/aromatic N) is 8. The standard InChI is InChI=1S/C50H52N8O6/c59-42-23-29-56-47(48(42)60)50(62)54-26-12-2-1-4-15-36-18-7-9-20-39(36)45(58(56)34-54)41-31-37(22-25-52-41)64-43-32-63-30-14-28-55-46(43)49(61)53-27-13-3-5-16-35-17-6-8-19-38(35)44(57(55)33-53)40-21-10-11-24-51-40/h6-11,14,17-25,28-29,31,44-45,60H,1-5,12-13,15-16,26-27,30,32-34H2/b28-14-,46-43+. The highest BCUT2D eigenvalue weighted by Crippen LogP contribution is 2.40. The first kappa shape index (κ1) is 41.3. The molecule has 14 heteroatoms. The molecule has 0 radical (unpaired) electrons. The van der Waals surface area contributed by atoms with Gasteiger partial charge in [0.1, 0.15) is 25.1 Å². The molecule has 0 aliphatic carbocycles. The predicted octanol–water partition coefficient (Wildman–Crippen LogP) is 6.57. The first-order valence-corrected chi connectivity index (χ1v) is 22.5. The monoisotopic (exact) mass is 860 g/mol. The number of pyridine rings is 3. The van der Waals surface area contributed by atoms with Gasteiger partial charge in [0.25, 0.3) is 11.8 Å². The third kappa shape index (κ3) is 7.92. The Hall–Kier alpha value is -6.77. The van der Waals surface area contributed by atoms with E-state index in [1.54, 1.807) is 28.0 Å². The van der Waals surface area contributed by atoms with Crippen molar-refractivity contribution in [1.29, 1.82) is 0 Å². The van der Waals surface area contributed by atoms with Crippen molar-refractivity contribution in [2.45, 2.75) is 69.9 Å². The number of amides is 2. The summed E-state index contributed by atoms with van der Waals surface area (Å²) in [6, 6.07) is 26.8. The molecule has 1 saturated heterocycles. The SMILES string of the molecule is O=C1/C2=C(\Oc3ccnc(C4c5ccccc5CCCCCCN5CN4n4ccc(=O)c(O)c4C5=O)c3)COC/C=C\N2N2CN1CCCCCc1ccccc1C2c1ccccn1. The molecular formula is C50H52N8O6. The van der Waals surface area contributed by atoms with Gasteiger partial charge in [-0.05, 0) is 85.1 Å². The van der Waals surface area contributed by atoms with Gasteiger partial charge in [0.05, 0.1) is 30.7 Å². The number of carbonyl (C=O) groups is 2. The fourth-order valence-corrected chi connectivity index (χ4v) is 9.83. The quantitative estimate of drug-likeness (QED) is 0.210. The van der Waals surface area contributed by atoms with Crippen LogP contribution in [-0.4, -0.2) is 91.0 Å². The van der Waals surface area contributed by atoms with Crippen LogP contribution in [0.4, 0.5) is 0 Å². The van der Waals surface area contributed by atoms with Crippen molar-refractivity contribution in [2.75, 3.05) is 44.6 Å². The van der Waals surface area contributed by atoms with Gasteiger partial charge < -0.3 is 24.4 Å². The number of aromatic nitrogens is 3. The highest BCUT2D eigenvalue weighted by atomic mass is 16.5. The summed E-state index contributed by atoms with van der Waals surface area (Å²) in [5.74, 6) is -0.339. The number of aromatic hydroxyl groups is 1. The maximum absolute atomic E-state index is 14.9. The topological polar surface area (TPSA) is 137 Å². The molecule has 8 heterocycles. The summed E-state index contributed by atoms with van der Waals surface area (Å²) in [6.45, 7) is 1.90. The molecule has 0 saturated carbocycles. The molecule has 1 N–H and O–H groups in total. The second-order valence-electron chi connectivity index (χ2n) is 17.0. The van der Waals surface area contributed by atoms with Crippen molar-refractivity contribution in [3.63, 3.8) is 0 Å². The Morgan fingerprint density at radius 1 is 0.672 bits per heavy atom. The molecular weight excluding hydrogens is 809 g/mol. The minimum absolute atomic E-state index is 0.0293. The zero-order chi connectivity index (χ0) is 43.6. The molecule has 64 heavy (non-hydrogen) atoms. The maximum Gasteiger partial charge on any atom is 0.277 e. The lowest BCUT2D eigenvalue weighted by molar-refractivity contribution is -0.149. The summed E-state index contributed by atoms with van der Waals surface area (Å²) in [4.78, 5) is 55.3. The number of carbonyl (C=O) groups excluding carboxylic acids is 2. The summed E-state index contributed by atoms with van der Waals surface area (Å²) >= 11 is 0. The Kier molecular flexibility index (Phi) is 11.7. The van der Waals surface area contributed by atoms with Gasteiger partial charge in [-0.2, -0.15) is 5.01 Å². The molecule has 5 aliphatic rings. The lowest BCUT2D eigenvalue weighted by Crippen LogP contribution is -2.58. The van der Waals surface area contributed by atoms with Gasteiger partial charge in [-0.3, -0.25) is 39.0 Å². The smallest absolute Gasteiger partial charge is 0.277 e. The highest BCUT2D eigenvalue weighted by Gasteiger charge is 2.43. The molecule has 4 bridgehead atoms. The average molecular weight is 861 g/mol. The number of hydrogen-bond donors (Lipinski definition) is 1. The molecule has 2 aromatic carbocycles. The molecule has 1 fully saturated rings. The number of aryl methyl sites for hydroxylation is 2. The minimum atomic E-state index is -0.620. The van der Waals surface area contributed by atoms with Gasteiger partial charge >= 0.3 is 0 Å². The highest BCUT2D eigenvalue weighted by molar-refractivity contribution is 5.96. The molecule has 2 amide bonds. The number of fused-ring (bicyclic) bond motifs is 10. The normalized spacial score (nSPS) is 23.4. The molecule has 5 aliphatic heterocycles. The van der Waals surface area contributed by atoms with E-state index < -0.39 is 23.1 Å². The summed E-state index contributed by atoms with van der Waals surface area (Å²) in [7, 11) is 0. The van der Waals surface area contributed by atoms with E-state index in [9.17, 15) is 19.5 Å². The van der Waals surface area contributed by atoms with E-state index in [2.05, 4.69) is 41.4 Å². The first-order chi connectivity index (χ1) is 31.4. The van der Waals surface area contributed by atoms with Gasteiger partial charge in [-0.1, -0.05) is 73.9 Å². The maximum atomic E-state index is 14.9. The lowest BCUT2D eigenvalue weighted by Gasteiger charge is -2.48. The Morgan fingerprint density at radius 2 is 1.33 bits per heavy atom. The van der Waals surface area contributed by atoms with E-state index in [1.807, 2.05) is 69.8 Å². The molecule has 14 nitrogen and oxygen atoms in total. The Labute approximate surface area is 372 Å². The van der Waals surface area contributed by atoms with Crippen LogP contribution < -0.4 is 15.2 Å². The third-order valence-corrected chi connectivity index (χ3v) is 12.9. The zero-order valence-corrected chi connectivity index (χ0v) is 35.8. The molecule has 3 atom stereocenters. The van der Waals surface area contributed by atoms with E-state index in [0.717, 1.165) is 80.2 Å². The molecule has 328 valence electrons. The van der Waals surface area contributed by atoms with Crippen LogP contribution in [0.25, 0.3) is 0 Å². The predicted molar refractivity (Wildman–Crippen MR) is 239 cm³/mol. The third-order valence-electron chi connectivity index (χ3n) is 12.9. The van der Waals surface area contributed by atoms with Crippen molar-refractivity contribution in [2.24, 2.45) is 0 Å². The van der Waals surface area contributed by atoms with Crippen molar-refractivity contribution < 1.29 is 24.2 Å². The molecule has 5 aromatic rings. The minimum Gasteiger partial charge on any atom is -0.502 e. The molecule has 3 unspecified atom stereocenters. The summed E-state index contributed by atoms with van der Waals surface area (Å²) in [5, 5.41) is 17.3. The average Bonchev–Trinajstić information content (AvgIpc) is 3.33. The van der Waals surface area contributed by atoms with Crippen LogP contribution in [0.3, 0.4) is 0 Å². The van der Waals surface area contributed by atoms with Crippen LogP contribution in [0.2, 0.25) is 0 Å². The summed E-state index contributed by atoms with van der Waals surface area (Å²) in [5.41, 5.74) is 5.64. The van der Waals surface area contributed by atoms with E-state index in [0.29, 0.717) is 49.3 Å². The Balaban J connectivity index is 1.10. The number of hydrogen-bond acceptors (Lipinski definition) is 11. The number of rotatable bonds is 4. The second-order valence-corrected chi connectivity index (χ2v) is 17.0. The number of benzene rings is 2. The Bertz CT molecular complexity index is 2670. The van der Waals surface area contributed by atoms with Gasteiger partial charge in [0.2, 0.25) is 5.43 Å².